The Hall–Kier alpha value is -1.29. The van der Waals surface area contributed by atoms with Gasteiger partial charge in [0, 0.05) is 26.5 Å². The summed E-state index contributed by atoms with van der Waals surface area (Å²) >= 11 is 0. The molecule has 0 spiro atoms. The van der Waals surface area contributed by atoms with Crippen molar-refractivity contribution in [3.8, 4) is 0 Å². The number of aromatic nitrogens is 2. The van der Waals surface area contributed by atoms with Gasteiger partial charge in [0.2, 0.25) is 6.41 Å². The standard InChI is InChI=1S/C28H53N2O8P.2C2H6/c1-6-8-9-10-11-12-13-14-15-16-17-18-19-20-23-36-28(30-22-21-26(31)29-27(30)32)37-25(7-2)24(3)38-39(33,34-4)35-5;2*1-2/h21-22,24-25,28H,6-20,23H2,1-5H3,(H,29,31,32);2*1-2H3. The van der Waals surface area contributed by atoms with Crippen LogP contribution < -0.4 is 11.2 Å². The van der Waals surface area contributed by atoms with Gasteiger partial charge in [-0.25, -0.2) is 9.36 Å². The zero-order valence-corrected chi connectivity index (χ0v) is 29.8. The van der Waals surface area contributed by atoms with Crippen molar-refractivity contribution in [3.05, 3.63) is 33.1 Å². The summed E-state index contributed by atoms with van der Waals surface area (Å²) in [6.45, 7) is 14.2. The number of unbranched alkanes of at least 4 members (excludes halogenated alkanes) is 13. The Morgan fingerprint density at radius 3 is 1.67 bits per heavy atom. The molecule has 10 nitrogen and oxygen atoms in total. The van der Waals surface area contributed by atoms with Crippen molar-refractivity contribution in [1.29, 1.82) is 0 Å². The van der Waals surface area contributed by atoms with Gasteiger partial charge >= 0.3 is 13.5 Å². The van der Waals surface area contributed by atoms with Gasteiger partial charge in [-0.3, -0.25) is 27.9 Å². The second kappa shape index (κ2) is 29.4. The fourth-order valence-electron chi connectivity index (χ4n) is 4.38. The molecule has 1 aromatic rings. The summed E-state index contributed by atoms with van der Waals surface area (Å²) in [6.07, 6.45) is 17.1. The molecule has 0 radical (unpaired) electrons. The number of hydrogen-bond donors (Lipinski definition) is 1. The molecule has 0 saturated heterocycles. The third-order valence-corrected chi connectivity index (χ3v) is 8.28. The zero-order valence-electron chi connectivity index (χ0n) is 28.9. The average molecular weight is 637 g/mol. The van der Waals surface area contributed by atoms with E-state index in [4.69, 9.17) is 23.0 Å². The van der Waals surface area contributed by atoms with Crippen LogP contribution in [0.2, 0.25) is 0 Å². The molecule has 1 rings (SSSR count). The van der Waals surface area contributed by atoms with E-state index in [0.29, 0.717) is 13.0 Å². The van der Waals surface area contributed by atoms with Crippen LogP contribution in [0.4, 0.5) is 0 Å². The predicted molar refractivity (Wildman–Crippen MR) is 177 cm³/mol. The first kappa shape index (κ1) is 43.8. The molecule has 0 amide bonds. The third kappa shape index (κ3) is 21.1. The van der Waals surface area contributed by atoms with E-state index < -0.39 is 37.7 Å². The smallest absolute Gasteiger partial charge is 0.335 e. The lowest BCUT2D eigenvalue weighted by atomic mass is 10.0. The molecule has 0 bridgehead atoms. The number of phosphoric ester groups is 1. The third-order valence-electron chi connectivity index (χ3n) is 6.80. The van der Waals surface area contributed by atoms with Crippen molar-refractivity contribution < 1.29 is 27.6 Å². The van der Waals surface area contributed by atoms with Crippen LogP contribution in [0.25, 0.3) is 0 Å². The van der Waals surface area contributed by atoms with Crippen molar-refractivity contribution in [1.82, 2.24) is 9.55 Å². The van der Waals surface area contributed by atoms with Crippen LogP contribution in [0, 0.1) is 0 Å². The quantitative estimate of drug-likeness (QED) is 0.0641. The van der Waals surface area contributed by atoms with Gasteiger partial charge in [-0.15, -0.1) is 0 Å². The second-order valence-corrected chi connectivity index (χ2v) is 11.8. The van der Waals surface area contributed by atoms with Crippen molar-refractivity contribution in [2.75, 3.05) is 20.8 Å². The maximum absolute atomic E-state index is 12.4. The average Bonchev–Trinajstić information content (AvgIpc) is 3.02. The highest BCUT2D eigenvalue weighted by Crippen LogP contribution is 2.49. The van der Waals surface area contributed by atoms with Crippen molar-refractivity contribution in [2.45, 2.75) is 163 Å². The van der Waals surface area contributed by atoms with E-state index in [-0.39, 0.29) is 0 Å². The normalized spacial score (nSPS) is 13.3. The van der Waals surface area contributed by atoms with E-state index >= 15 is 0 Å². The summed E-state index contributed by atoms with van der Waals surface area (Å²) in [5.74, 6) is 0. The predicted octanol–water partition coefficient (Wildman–Crippen LogP) is 9.14. The van der Waals surface area contributed by atoms with Crippen molar-refractivity contribution in [3.63, 3.8) is 0 Å². The second-order valence-electron chi connectivity index (χ2n) is 10.00. The molecule has 0 aliphatic rings. The van der Waals surface area contributed by atoms with Crippen molar-refractivity contribution in [2.24, 2.45) is 0 Å². The van der Waals surface area contributed by atoms with Crippen LogP contribution in [0.3, 0.4) is 0 Å². The number of nitrogens with one attached hydrogen (secondary N) is 1. The minimum Gasteiger partial charge on any atom is -0.335 e. The molecular weight excluding hydrogens is 571 g/mol. The Morgan fingerprint density at radius 1 is 0.791 bits per heavy atom. The topological polar surface area (TPSA) is 118 Å². The van der Waals surface area contributed by atoms with Crippen LogP contribution in [-0.4, -0.2) is 42.6 Å². The molecule has 0 saturated carbocycles. The van der Waals surface area contributed by atoms with E-state index in [9.17, 15) is 14.2 Å². The lowest BCUT2D eigenvalue weighted by molar-refractivity contribution is -0.233. The van der Waals surface area contributed by atoms with Crippen molar-refractivity contribution >= 4 is 7.82 Å². The van der Waals surface area contributed by atoms with Gasteiger partial charge in [-0.05, 0) is 19.8 Å². The Labute approximate surface area is 262 Å². The van der Waals surface area contributed by atoms with E-state index in [2.05, 4.69) is 11.9 Å². The van der Waals surface area contributed by atoms with Gasteiger partial charge in [-0.2, -0.15) is 0 Å². The van der Waals surface area contributed by atoms with E-state index in [1.54, 1.807) is 6.92 Å². The number of phosphoric acid groups is 1. The van der Waals surface area contributed by atoms with E-state index in [1.165, 1.54) is 102 Å². The monoisotopic (exact) mass is 636 g/mol. The summed E-state index contributed by atoms with van der Waals surface area (Å²) in [5, 5.41) is 0. The Morgan fingerprint density at radius 2 is 1.26 bits per heavy atom. The highest BCUT2D eigenvalue weighted by molar-refractivity contribution is 7.48. The summed E-state index contributed by atoms with van der Waals surface area (Å²) < 4.78 is 40.9. The number of aromatic amines is 1. The number of hydrogen-bond acceptors (Lipinski definition) is 8. The van der Waals surface area contributed by atoms with Gasteiger partial charge in [-0.1, -0.05) is 125 Å². The number of H-pyrrole nitrogens is 1. The lowest BCUT2D eigenvalue weighted by Gasteiger charge is -2.30. The molecule has 256 valence electrons. The SMILES string of the molecule is CC.CC.CCCCCCCCCCCCCCCCOC(OC(CC)C(C)OP(=O)(OC)OC)n1ccc(=O)[nH]c1=O. The summed E-state index contributed by atoms with van der Waals surface area (Å²) in [7, 11) is -1.25. The molecule has 0 aromatic carbocycles. The maximum Gasteiger partial charge on any atom is 0.474 e. The molecular formula is C32H65N2O8P. The number of nitrogens with zero attached hydrogens (tertiary/aromatic N) is 1. The highest BCUT2D eigenvalue weighted by Gasteiger charge is 2.32. The largest absolute Gasteiger partial charge is 0.474 e. The van der Waals surface area contributed by atoms with Crippen LogP contribution >= 0.6 is 7.82 Å². The molecule has 1 N–H and O–H groups in total. The molecule has 11 heteroatoms. The molecule has 43 heavy (non-hydrogen) atoms. The summed E-state index contributed by atoms with van der Waals surface area (Å²) in [5.41, 5.74) is -1.15. The molecule has 1 heterocycles. The Bertz CT molecular complexity index is 900. The number of ether oxygens (including phenoxy) is 2. The summed E-state index contributed by atoms with van der Waals surface area (Å²) in [6, 6.07) is 1.23. The van der Waals surface area contributed by atoms with Crippen LogP contribution in [-0.2, 0) is 27.6 Å². The first-order valence-corrected chi connectivity index (χ1v) is 18.2. The van der Waals surface area contributed by atoms with Crippen LogP contribution in [0.15, 0.2) is 21.9 Å². The fourth-order valence-corrected chi connectivity index (χ4v) is 5.24. The Kier molecular flexibility index (Phi) is 30.0. The minimum atomic E-state index is -3.73. The molecule has 3 atom stereocenters. The first-order valence-electron chi connectivity index (χ1n) is 16.8. The van der Waals surface area contributed by atoms with Crippen LogP contribution in [0.1, 0.15) is 151 Å². The highest BCUT2D eigenvalue weighted by atomic mass is 31.2. The van der Waals surface area contributed by atoms with Gasteiger partial charge < -0.3 is 9.47 Å². The van der Waals surface area contributed by atoms with Gasteiger partial charge in [0.15, 0.2) is 0 Å². The van der Waals surface area contributed by atoms with Gasteiger partial charge in [0.05, 0.1) is 18.8 Å². The van der Waals surface area contributed by atoms with Gasteiger partial charge in [0.25, 0.3) is 5.56 Å². The molecule has 0 aliphatic carbocycles. The Balaban J connectivity index is 0. The first-order chi connectivity index (χ1) is 20.8. The molecule has 0 aliphatic heterocycles. The minimum absolute atomic E-state index is 0.384. The van der Waals surface area contributed by atoms with E-state index in [0.717, 1.165) is 19.3 Å². The molecule has 0 fully saturated rings. The van der Waals surface area contributed by atoms with E-state index in [1.807, 2.05) is 34.6 Å². The zero-order chi connectivity index (χ0) is 32.9. The van der Waals surface area contributed by atoms with Gasteiger partial charge in [0.1, 0.15) is 0 Å². The maximum atomic E-state index is 12.4. The molecule has 1 aromatic heterocycles. The summed E-state index contributed by atoms with van der Waals surface area (Å²) in [4.78, 5) is 26.2. The molecule has 3 unspecified atom stereocenters. The lowest BCUT2D eigenvalue weighted by Crippen LogP contribution is -2.38. The number of rotatable bonds is 25. The fraction of sp³-hybridized carbons (Fsp3) is 0.875. The van der Waals surface area contributed by atoms with Crippen LogP contribution in [0.5, 0.6) is 0 Å².